The Kier molecular flexibility index (Phi) is 8.69. The Labute approximate surface area is 234 Å². The van der Waals surface area contributed by atoms with Gasteiger partial charge in [-0.05, 0) is 67.4 Å². The van der Waals surface area contributed by atoms with Gasteiger partial charge in [0, 0.05) is 42.5 Å². The Morgan fingerprint density at radius 3 is 2.48 bits per heavy atom. The van der Waals surface area contributed by atoms with E-state index in [1.165, 1.54) is 47.1 Å². The average Bonchev–Trinajstić information content (AvgIpc) is 2.90. The zero-order valence-corrected chi connectivity index (χ0v) is 22.4. The Morgan fingerprint density at radius 1 is 1.10 bits per heavy atom. The third-order valence-electron chi connectivity index (χ3n) is 6.40. The number of hydrogen-bond acceptors (Lipinski definition) is 4. The molecule has 0 radical (unpaired) electrons. The van der Waals surface area contributed by atoms with Crippen molar-refractivity contribution in [1.82, 2.24) is 15.1 Å². The lowest BCUT2D eigenvalue weighted by Gasteiger charge is -2.37. The number of carbonyl (C=O) groups excluding carboxylic acids is 2. The molecule has 1 aliphatic heterocycles. The molecule has 2 N–H and O–H groups in total. The van der Waals surface area contributed by atoms with Crippen molar-refractivity contribution >= 4 is 29.5 Å². The monoisotopic (exact) mass is 569 g/mol. The number of halogens is 3. The number of ether oxygens (including phenoxy) is 1. The molecule has 0 fully saturated rings. The van der Waals surface area contributed by atoms with Crippen LogP contribution in [0.3, 0.4) is 0 Å². The van der Waals surface area contributed by atoms with Gasteiger partial charge < -0.3 is 25.0 Å². The number of hydrogen-bond donors (Lipinski definition) is 2. The van der Waals surface area contributed by atoms with Crippen LogP contribution in [0.4, 0.5) is 13.6 Å². The molecule has 0 saturated heterocycles. The first-order valence-corrected chi connectivity index (χ1v) is 12.7. The van der Waals surface area contributed by atoms with Gasteiger partial charge in [0.1, 0.15) is 11.6 Å². The van der Waals surface area contributed by atoms with Crippen LogP contribution >= 0.6 is 11.6 Å². The third kappa shape index (κ3) is 6.40. The molecule has 0 bridgehead atoms. The number of carboxylic acids is 1. The van der Waals surface area contributed by atoms with E-state index in [2.05, 4.69) is 5.32 Å². The standard InChI is InChI=1S/C29H26ClF2N3O5/c1-17-25(28(37)38)26(19-5-3-6-20(30)15-19)35(29(39)33-17)14-4-13-34(2)27(36)18-7-10-22(11-8-18)40-24-12-9-21(31)16-23(24)32/h3,5-12,15-16,26H,4,13-14H2,1-2H3,(H,33,39)(H,37,38). The van der Waals surface area contributed by atoms with Gasteiger partial charge in [0.05, 0.1) is 11.6 Å². The summed E-state index contributed by atoms with van der Waals surface area (Å²) in [6.45, 7) is 1.98. The molecule has 40 heavy (non-hydrogen) atoms. The van der Waals surface area contributed by atoms with Crippen molar-refractivity contribution in [3.05, 3.63) is 106 Å². The van der Waals surface area contributed by atoms with Crippen molar-refractivity contribution in [2.75, 3.05) is 20.1 Å². The van der Waals surface area contributed by atoms with Crippen LogP contribution in [-0.2, 0) is 4.79 Å². The summed E-state index contributed by atoms with van der Waals surface area (Å²) in [5.74, 6) is -2.90. The number of urea groups is 1. The van der Waals surface area contributed by atoms with Gasteiger partial charge in [-0.1, -0.05) is 23.7 Å². The number of amides is 3. The molecule has 0 saturated carbocycles. The molecule has 3 aromatic carbocycles. The van der Waals surface area contributed by atoms with Crippen LogP contribution < -0.4 is 10.1 Å². The van der Waals surface area contributed by atoms with E-state index in [0.29, 0.717) is 28.6 Å². The zero-order valence-electron chi connectivity index (χ0n) is 21.7. The lowest BCUT2D eigenvalue weighted by Crippen LogP contribution is -2.49. The minimum atomic E-state index is -1.16. The summed E-state index contributed by atoms with van der Waals surface area (Å²) in [4.78, 5) is 40.8. The second-order valence-corrected chi connectivity index (χ2v) is 9.64. The second-order valence-electron chi connectivity index (χ2n) is 9.21. The molecule has 3 aromatic rings. The Bertz CT molecular complexity index is 1480. The molecule has 0 aliphatic carbocycles. The highest BCUT2D eigenvalue weighted by Crippen LogP contribution is 2.35. The van der Waals surface area contributed by atoms with Crippen molar-refractivity contribution in [3.63, 3.8) is 0 Å². The van der Waals surface area contributed by atoms with E-state index >= 15 is 0 Å². The van der Waals surface area contributed by atoms with Crippen LogP contribution in [0, 0.1) is 11.6 Å². The minimum absolute atomic E-state index is 0.0362. The molecule has 1 unspecified atom stereocenters. The average molecular weight is 570 g/mol. The van der Waals surface area contributed by atoms with Crippen LogP contribution in [0.1, 0.15) is 35.3 Å². The van der Waals surface area contributed by atoms with Gasteiger partial charge >= 0.3 is 12.0 Å². The second kappa shape index (κ2) is 12.2. The first-order valence-electron chi connectivity index (χ1n) is 12.3. The largest absolute Gasteiger partial charge is 0.478 e. The molecule has 0 aromatic heterocycles. The van der Waals surface area contributed by atoms with Gasteiger partial charge in [-0.2, -0.15) is 0 Å². The van der Waals surface area contributed by atoms with Crippen LogP contribution in [0.2, 0.25) is 5.02 Å². The molecular formula is C29H26ClF2N3O5. The first kappa shape index (κ1) is 28.6. The first-order chi connectivity index (χ1) is 19.0. The van der Waals surface area contributed by atoms with Gasteiger partial charge in [-0.15, -0.1) is 0 Å². The normalized spacial score (nSPS) is 15.1. The smallest absolute Gasteiger partial charge is 0.335 e. The Hall–Kier alpha value is -4.44. The molecule has 8 nitrogen and oxygen atoms in total. The predicted octanol–water partition coefficient (Wildman–Crippen LogP) is 6.00. The summed E-state index contributed by atoms with van der Waals surface area (Å²) in [5, 5.41) is 12.9. The summed E-state index contributed by atoms with van der Waals surface area (Å²) in [6, 6.07) is 14.4. The summed E-state index contributed by atoms with van der Waals surface area (Å²) in [6.07, 6.45) is 0.365. The topological polar surface area (TPSA) is 99.2 Å². The van der Waals surface area contributed by atoms with Gasteiger partial charge in [0.15, 0.2) is 11.6 Å². The number of rotatable bonds is 9. The van der Waals surface area contributed by atoms with Crippen LogP contribution in [-0.4, -0.2) is 53.0 Å². The van der Waals surface area contributed by atoms with E-state index < -0.39 is 29.7 Å². The molecule has 1 aliphatic rings. The highest BCUT2D eigenvalue weighted by Gasteiger charge is 2.37. The Morgan fingerprint density at radius 2 is 1.82 bits per heavy atom. The molecular weight excluding hydrogens is 544 g/mol. The highest BCUT2D eigenvalue weighted by molar-refractivity contribution is 6.30. The lowest BCUT2D eigenvalue weighted by atomic mass is 9.93. The molecule has 208 valence electrons. The van der Waals surface area contributed by atoms with E-state index in [1.54, 1.807) is 31.3 Å². The van der Waals surface area contributed by atoms with E-state index in [4.69, 9.17) is 16.3 Å². The van der Waals surface area contributed by atoms with Crippen molar-refractivity contribution in [3.8, 4) is 11.5 Å². The fraction of sp³-hybridized carbons (Fsp3) is 0.207. The summed E-state index contributed by atoms with van der Waals surface area (Å²) in [5.41, 5.74) is 1.20. The van der Waals surface area contributed by atoms with Crippen molar-refractivity contribution in [2.24, 2.45) is 0 Å². The maximum Gasteiger partial charge on any atom is 0.335 e. The quantitative estimate of drug-likeness (QED) is 0.329. The van der Waals surface area contributed by atoms with Gasteiger partial charge in [0.25, 0.3) is 5.91 Å². The van der Waals surface area contributed by atoms with Crippen molar-refractivity contribution in [1.29, 1.82) is 0 Å². The van der Waals surface area contributed by atoms with Crippen LogP contribution in [0.15, 0.2) is 78.0 Å². The highest BCUT2D eigenvalue weighted by atomic mass is 35.5. The molecule has 0 spiro atoms. The number of carbonyl (C=O) groups is 3. The number of nitrogens with one attached hydrogen (secondary N) is 1. The maximum atomic E-state index is 13.9. The van der Waals surface area contributed by atoms with Crippen LogP contribution in [0.5, 0.6) is 11.5 Å². The number of allylic oxidation sites excluding steroid dienone is 1. The SMILES string of the molecule is CC1=C(C(=O)O)C(c2cccc(Cl)c2)N(CCCN(C)C(=O)c2ccc(Oc3ccc(F)cc3F)cc2)C(=O)N1. The molecule has 11 heteroatoms. The molecule has 4 rings (SSSR count). The summed E-state index contributed by atoms with van der Waals surface area (Å²) >= 11 is 6.15. The van der Waals surface area contributed by atoms with Gasteiger partial charge in [0.2, 0.25) is 0 Å². The number of nitrogens with zero attached hydrogens (tertiary/aromatic N) is 2. The third-order valence-corrected chi connectivity index (χ3v) is 6.64. The molecule has 3 amide bonds. The summed E-state index contributed by atoms with van der Waals surface area (Å²) in [7, 11) is 1.61. The number of aliphatic carboxylic acids is 1. The predicted molar refractivity (Wildman–Crippen MR) is 144 cm³/mol. The summed E-state index contributed by atoms with van der Waals surface area (Å²) < 4.78 is 32.4. The van der Waals surface area contributed by atoms with Gasteiger partial charge in [-0.3, -0.25) is 4.79 Å². The van der Waals surface area contributed by atoms with Gasteiger partial charge in [-0.25, -0.2) is 18.4 Å². The van der Waals surface area contributed by atoms with E-state index in [9.17, 15) is 28.3 Å². The Balaban J connectivity index is 1.41. The van der Waals surface area contributed by atoms with Crippen molar-refractivity contribution < 1.29 is 33.0 Å². The zero-order chi connectivity index (χ0) is 29.0. The van der Waals surface area contributed by atoms with E-state index in [1.807, 2.05) is 0 Å². The maximum absolute atomic E-state index is 13.9. The van der Waals surface area contributed by atoms with Crippen LogP contribution in [0.25, 0.3) is 0 Å². The fourth-order valence-electron chi connectivity index (χ4n) is 4.46. The number of benzene rings is 3. The van der Waals surface area contributed by atoms with E-state index in [0.717, 1.165) is 6.07 Å². The van der Waals surface area contributed by atoms with Crippen molar-refractivity contribution in [2.45, 2.75) is 19.4 Å². The fourth-order valence-corrected chi connectivity index (χ4v) is 4.66. The number of carboxylic acid groups (broad SMARTS) is 1. The van der Waals surface area contributed by atoms with E-state index in [-0.39, 0.29) is 41.8 Å². The minimum Gasteiger partial charge on any atom is -0.478 e. The molecule has 1 heterocycles. The molecule has 1 atom stereocenters. The lowest BCUT2D eigenvalue weighted by molar-refractivity contribution is -0.133.